The number of thiocarbonyl (C=S) groups is 1. The molecule has 0 heterocycles. The third-order valence-electron chi connectivity index (χ3n) is 1.48. The summed E-state index contributed by atoms with van der Waals surface area (Å²) in [5.41, 5.74) is -0.226. The third-order valence-corrected chi connectivity index (χ3v) is 1.57. The number of hydrogen-bond acceptors (Lipinski definition) is 3. The second-order valence-electron chi connectivity index (χ2n) is 2.43. The van der Waals surface area contributed by atoms with Crippen molar-refractivity contribution >= 4 is 23.1 Å². The highest BCUT2D eigenvalue weighted by Gasteiger charge is 2.09. The first-order valence-electron chi connectivity index (χ1n) is 3.82. The lowest BCUT2D eigenvalue weighted by atomic mass is 10.3. The zero-order valence-corrected chi connectivity index (χ0v) is 8.28. The number of benzene rings is 1. The molecule has 15 heavy (non-hydrogen) atoms. The molecule has 1 aromatic rings. The monoisotopic (exact) mass is 225 g/mol. The summed E-state index contributed by atoms with van der Waals surface area (Å²) in [6.07, 6.45) is 4.91. The number of terminal acetylenes is 1. The molecule has 0 atom stereocenters. The van der Waals surface area contributed by atoms with Gasteiger partial charge in [0.1, 0.15) is 12.3 Å². The first kappa shape index (κ1) is 11.3. The van der Waals surface area contributed by atoms with E-state index in [1.54, 1.807) is 0 Å². The first-order valence-corrected chi connectivity index (χ1v) is 4.23. The standard InChI is InChI=1S/C10H5F2NOS/c1-2-3-14-10-5-7(11)9(13-6-15)4-8(10)12/h1,4-5H,3H2. The van der Waals surface area contributed by atoms with Crippen molar-refractivity contribution in [2.75, 3.05) is 6.61 Å². The van der Waals surface area contributed by atoms with E-state index in [1.165, 1.54) is 0 Å². The number of rotatable bonds is 3. The van der Waals surface area contributed by atoms with E-state index in [2.05, 4.69) is 23.1 Å². The summed E-state index contributed by atoms with van der Waals surface area (Å²) >= 11 is 4.28. The van der Waals surface area contributed by atoms with Gasteiger partial charge in [0.25, 0.3) is 0 Å². The molecule has 0 bridgehead atoms. The number of isothiocyanates is 1. The fraction of sp³-hybridized carbons (Fsp3) is 0.100. The maximum absolute atomic E-state index is 13.2. The van der Waals surface area contributed by atoms with Crippen LogP contribution < -0.4 is 4.74 Å². The maximum Gasteiger partial charge on any atom is 0.167 e. The van der Waals surface area contributed by atoms with Gasteiger partial charge in [-0.25, -0.2) is 8.78 Å². The van der Waals surface area contributed by atoms with Gasteiger partial charge in [0, 0.05) is 12.1 Å². The quantitative estimate of drug-likeness (QED) is 0.448. The van der Waals surface area contributed by atoms with Crippen molar-refractivity contribution in [2.24, 2.45) is 4.99 Å². The summed E-state index contributed by atoms with van der Waals surface area (Å²) in [4.78, 5) is 3.34. The molecule has 0 radical (unpaired) electrons. The predicted molar refractivity (Wildman–Crippen MR) is 55.4 cm³/mol. The zero-order chi connectivity index (χ0) is 11.3. The fourth-order valence-electron chi connectivity index (χ4n) is 0.883. The SMILES string of the molecule is C#CCOc1cc(F)c(N=C=S)cc1F. The Bertz CT molecular complexity index is 461. The van der Waals surface area contributed by atoms with Crippen molar-refractivity contribution in [1.82, 2.24) is 0 Å². The van der Waals surface area contributed by atoms with Gasteiger partial charge in [-0.05, 0) is 12.2 Å². The summed E-state index contributed by atoms with van der Waals surface area (Å²) in [5, 5.41) is 1.94. The summed E-state index contributed by atoms with van der Waals surface area (Å²) in [6, 6.07) is 1.72. The predicted octanol–water partition coefficient (Wildman–Crippen LogP) is 2.71. The van der Waals surface area contributed by atoms with Gasteiger partial charge in [-0.1, -0.05) is 5.92 Å². The second-order valence-corrected chi connectivity index (χ2v) is 2.61. The van der Waals surface area contributed by atoms with E-state index in [0.29, 0.717) is 0 Å². The molecule has 0 aromatic heterocycles. The lowest BCUT2D eigenvalue weighted by Crippen LogP contribution is -1.97. The molecule has 0 N–H and O–H groups in total. The van der Waals surface area contributed by atoms with Gasteiger partial charge in [0.2, 0.25) is 0 Å². The molecule has 5 heteroatoms. The molecular weight excluding hydrogens is 220 g/mol. The van der Waals surface area contributed by atoms with E-state index >= 15 is 0 Å². The number of aliphatic imine (C=N–C) groups is 1. The van der Waals surface area contributed by atoms with Crippen LogP contribution in [0.1, 0.15) is 0 Å². The van der Waals surface area contributed by atoms with Gasteiger partial charge < -0.3 is 4.74 Å². The summed E-state index contributed by atoms with van der Waals surface area (Å²) in [7, 11) is 0. The van der Waals surface area contributed by atoms with E-state index in [4.69, 9.17) is 11.2 Å². The molecule has 0 saturated carbocycles. The Morgan fingerprint density at radius 1 is 1.40 bits per heavy atom. The Labute approximate surface area is 90.6 Å². The Hall–Kier alpha value is -1.76. The topological polar surface area (TPSA) is 21.6 Å². The van der Waals surface area contributed by atoms with E-state index in [-0.39, 0.29) is 18.0 Å². The van der Waals surface area contributed by atoms with Gasteiger partial charge in [-0.3, -0.25) is 0 Å². The lowest BCUT2D eigenvalue weighted by molar-refractivity contribution is 0.345. The second kappa shape index (κ2) is 5.20. The van der Waals surface area contributed by atoms with Gasteiger partial charge in [-0.2, -0.15) is 4.99 Å². The molecule has 0 saturated heterocycles. The summed E-state index contributed by atoms with van der Waals surface area (Å²) < 4.78 is 31.1. The number of ether oxygens (including phenoxy) is 1. The van der Waals surface area contributed by atoms with Crippen molar-refractivity contribution in [3.8, 4) is 18.1 Å². The minimum absolute atomic E-state index is 0.133. The van der Waals surface area contributed by atoms with Gasteiger partial charge in [-0.15, -0.1) is 6.42 Å². The highest BCUT2D eigenvalue weighted by molar-refractivity contribution is 7.78. The van der Waals surface area contributed by atoms with E-state index < -0.39 is 11.6 Å². The highest BCUT2D eigenvalue weighted by atomic mass is 32.1. The van der Waals surface area contributed by atoms with Crippen LogP contribution in [0.4, 0.5) is 14.5 Å². The van der Waals surface area contributed by atoms with E-state index in [0.717, 1.165) is 12.1 Å². The van der Waals surface area contributed by atoms with Crippen LogP contribution >= 0.6 is 12.2 Å². The highest BCUT2D eigenvalue weighted by Crippen LogP contribution is 2.26. The molecule has 1 aromatic carbocycles. The molecule has 0 aliphatic heterocycles. The maximum atomic E-state index is 13.2. The Morgan fingerprint density at radius 2 is 2.13 bits per heavy atom. The molecule has 2 nitrogen and oxygen atoms in total. The molecule has 76 valence electrons. The lowest BCUT2D eigenvalue weighted by Gasteiger charge is -2.04. The number of hydrogen-bond donors (Lipinski definition) is 0. The van der Waals surface area contributed by atoms with Crippen molar-refractivity contribution in [3.05, 3.63) is 23.8 Å². The first-order chi connectivity index (χ1) is 7.19. The van der Waals surface area contributed by atoms with Crippen LogP contribution in [0.15, 0.2) is 17.1 Å². The smallest absolute Gasteiger partial charge is 0.167 e. The molecular formula is C10H5F2NOS. The van der Waals surface area contributed by atoms with Crippen molar-refractivity contribution in [3.63, 3.8) is 0 Å². The van der Waals surface area contributed by atoms with Crippen LogP contribution in [-0.2, 0) is 0 Å². The molecule has 0 unspecified atom stereocenters. The van der Waals surface area contributed by atoms with Gasteiger partial charge in [0.15, 0.2) is 17.4 Å². The van der Waals surface area contributed by atoms with Crippen LogP contribution in [0, 0.1) is 24.0 Å². The number of halogens is 2. The zero-order valence-electron chi connectivity index (χ0n) is 7.46. The van der Waals surface area contributed by atoms with E-state index in [9.17, 15) is 8.78 Å². The summed E-state index contributed by atoms with van der Waals surface area (Å²) in [5.74, 6) is 0.380. The van der Waals surface area contributed by atoms with Crippen molar-refractivity contribution < 1.29 is 13.5 Å². The average Bonchev–Trinajstić information content (AvgIpc) is 2.21. The van der Waals surface area contributed by atoms with Crippen molar-refractivity contribution in [2.45, 2.75) is 0 Å². The largest absolute Gasteiger partial charge is 0.478 e. The fourth-order valence-corrected chi connectivity index (χ4v) is 0.981. The third kappa shape index (κ3) is 2.84. The van der Waals surface area contributed by atoms with Gasteiger partial charge in [0.05, 0.1) is 5.16 Å². The Balaban J connectivity index is 3.08. The summed E-state index contributed by atoms with van der Waals surface area (Å²) in [6.45, 7) is -0.133. The minimum atomic E-state index is -0.754. The molecule has 0 aliphatic rings. The van der Waals surface area contributed by atoms with Crippen LogP contribution in [0.2, 0.25) is 0 Å². The van der Waals surface area contributed by atoms with Gasteiger partial charge >= 0.3 is 0 Å². The average molecular weight is 225 g/mol. The van der Waals surface area contributed by atoms with Crippen LogP contribution in [0.25, 0.3) is 0 Å². The molecule has 1 rings (SSSR count). The molecule has 0 amide bonds. The van der Waals surface area contributed by atoms with Crippen LogP contribution in [0.5, 0.6) is 5.75 Å². The van der Waals surface area contributed by atoms with E-state index in [1.807, 2.05) is 5.16 Å². The normalized spacial score (nSPS) is 8.87. The molecule has 0 spiro atoms. The van der Waals surface area contributed by atoms with Crippen LogP contribution in [0.3, 0.4) is 0 Å². The minimum Gasteiger partial charge on any atom is -0.478 e. The Morgan fingerprint density at radius 3 is 2.73 bits per heavy atom. The Kier molecular flexibility index (Phi) is 3.92. The molecule has 0 aliphatic carbocycles. The number of nitrogens with zero attached hydrogens (tertiary/aromatic N) is 1. The van der Waals surface area contributed by atoms with Crippen molar-refractivity contribution in [1.29, 1.82) is 0 Å². The molecule has 0 fully saturated rings. The van der Waals surface area contributed by atoms with Crippen LogP contribution in [-0.4, -0.2) is 11.8 Å².